The second-order valence-electron chi connectivity index (χ2n) is 6.57. The van der Waals surface area contributed by atoms with Gasteiger partial charge in [0, 0.05) is 24.7 Å². The van der Waals surface area contributed by atoms with Gasteiger partial charge in [0.1, 0.15) is 11.5 Å². The van der Waals surface area contributed by atoms with Crippen LogP contribution in [-0.4, -0.2) is 45.0 Å². The monoisotopic (exact) mass is 397 g/mol. The van der Waals surface area contributed by atoms with Crippen molar-refractivity contribution in [2.75, 3.05) is 37.5 Å². The molecule has 8 heteroatoms. The predicted octanol–water partition coefficient (Wildman–Crippen LogP) is 1.81. The first-order valence-electron chi connectivity index (χ1n) is 9.17. The smallest absolute Gasteiger partial charge is 0.243 e. The van der Waals surface area contributed by atoms with Gasteiger partial charge in [-0.05, 0) is 24.3 Å². The van der Waals surface area contributed by atoms with Crippen LogP contribution >= 0.6 is 0 Å². The minimum absolute atomic E-state index is 0.109. The fraction of sp³-hybridized carbons (Fsp3) is 0.286. The van der Waals surface area contributed by atoms with Crippen LogP contribution in [0.15, 0.2) is 48.5 Å². The molecule has 1 fully saturated rings. The number of para-hydroxylation sites is 1. The zero-order chi connectivity index (χ0) is 20.8. The number of carbonyl (C=O) groups excluding carboxylic acids is 3. The van der Waals surface area contributed by atoms with Crippen LogP contribution in [0.2, 0.25) is 0 Å². The lowest BCUT2D eigenvalue weighted by atomic mass is 10.1. The Morgan fingerprint density at radius 3 is 2.55 bits per heavy atom. The van der Waals surface area contributed by atoms with E-state index in [-0.39, 0.29) is 24.8 Å². The van der Waals surface area contributed by atoms with Gasteiger partial charge in [-0.25, -0.2) is 0 Å². The van der Waals surface area contributed by atoms with Crippen molar-refractivity contribution in [1.82, 2.24) is 5.32 Å². The van der Waals surface area contributed by atoms with Crippen LogP contribution in [0, 0.1) is 5.92 Å². The van der Waals surface area contributed by atoms with Gasteiger partial charge in [0.15, 0.2) is 0 Å². The first-order chi connectivity index (χ1) is 14.0. The molecular formula is C21H23N3O5. The fourth-order valence-corrected chi connectivity index (χ4v) is 3.16. The van der Waals surface area contributed by atoms with Crippen molar-refractivity contribution >= 4 is 29.1 Å². The molecule has 0 spiro atoms. The Hall–Kier alpha value is -3.55. The molecule has 2 aromatic rings. The molecule has 3 rings (SSSR count). The van der Waals surface area contributed by atoms with Crippen LogP contribution in [0.5, 0.6) is 11.5 Å². The number of anilines is 2. The molecule has 0 bridgehead atoms. The van der Waals surface area contributed by atoms with Gasteiger partial charge in [-0.3, -0.25) is 14.4 Å². The Balaban J connectivity index is 1.54. The number of benzene rings is 2. The molecule has 0 aromatic heterocycles. The quantitative estimate of drug-likeness (QED) is 0.743. The number of hydrogen-bond donors (Lipinski definition) is 2. The maximum atomic E-state index is 12.4. The lowest BCUT2D eigenvalue weighted by molar-refractivity contribution is -0.127. The topological polar surface area (TPSA) is 97.0 Å². The molecule has 1 aliphatic heterocycles. The van der Waals surface area contributed by atoms with Crippen LogP contribution in [0.1, 0.15) is 6.42 Å². The number of nitrogens with zero attached hydrogens (tertiary/aromatic N) is 1. The maximum Gasteiger partial charge on any atom is 0.243 e. The average molecular weight is 397 g/mol. The second kappa shape index (κ2) is 9.09. The highest BCUT2D eigenvalue weighted by molar-refractivity contribution is 6.01. The highest BCUT2D eigenvalue weighted by Crippen LogP contribution is 2.29. The van der Waals surface area contributed by atoms with Gasteiger partial charge in [-0.15, -0.1) is 0 Å². The zero-order valence-electron chi connectivity index (χ0n) is 16.3. The van der Waals surface area contributed by atoms with Gasteiger partial charge >= 0.3 is 0 Å². The van der Waals surface area contributed by atoms with Gasteiger partial charge in [0.25, 0.3) is 0 Å². The normalized spacial score (nSPS) is 15.7. The highest BCUT2D eigenvalue weighted by atomic mass is 16.5. The molecule has 2 aromatic carbocycles. The summed E-state index contributed by atoms with van der Waals surface area (Å²) in [6.07, 6.45) is 0.117. The summed E-state index contributed by atoms with van der Waals surface area (Å²) in [5.74, 6) is -0.302. The Morgan fingerprint density at radius 1 is 1.10 bits per heavy atom. The molecule has 8 nitrogen and oxygen atoms in total. The first-order valence-corrected chi connectivity index (χ1v) is 9.17. The maximum absolute atomic E-state index is 12.4. The van der Waals surface area contributed by atoms with Crippen molar-refractivity contribution in [3.63, 3.8) is 0 Å². The molecule has 1 heterocycles. The summed E-state index contributed by atoms with van der Waals surface area (Å²) in [5, 5.41) is 5.29. The molecular weight excluding hydrogens is 374 g/mol. The van der Waals surface area contributed by atoms with Crippen LogP contribution in [0.4, 0.5) is 11.4 Å². The number of methoxy groups -OCH3 is 2. The standard InChI is InChI=1S/C21H23N3O5/c1-28-16-8-9-18(29-2)17(11-16)23-19(25)12-22-21(27)14-10-20(26)24(13-14)15-6-4-3-5-7-15/h3-9,11,14H,10,12-13H2,1-2H3,(H,22,27)(H,23,25)/t14-/m1/s1. The van der Waals surface area contributed by atoms with Crippen molar-refractivity contribution in [3.8, 4) is 11.5 Å². The molecule has 0 saturated carbocycles. The molecule has 0 aliphatic carbocycles. The van der Waals surface area contributed by atoms with E-state index in [9.17, 15) is 14.4 Å². The molecule has 152 valence electrons. The molecule has 1 aliphatic rings. The van der Waals surface area contributed by atoms with Crippen LogP contribution in [0.25, 0.3) is 0 Å². The molecule has 1 atom stereocenters. The van der Waals surface area contributed by atoms with Gasteiger partial charge in [0.05, 0.1) is 32.4 Å². The summed E-state index contributed by atoms with van der Waals surface area (Å²) in [7, 11) is 3.02. The molecule has 29 heavy (non-hydrogen) atoms. The number of amides is 3. The molecule has 0 unspecified atom stereocenters. The Kier molecular flexibility index (Phi) is 6.33. The minimum Gasteiger partial charge on any atom is -0.497 e. The van der Waals surface area contributed by atoms with E-state index < -0.39 is 11.8 Å². The lowest BCUT2D eigenvalue weighted by Gasteiger charge is -2.16. The third-order valence-electron chi connectivity index (χ3n) is 4.67. The van der Waals surface area contributed by atoms with E-state index >= 15 is 0 Å². The van der Waals surface area contributed by atoms with E-state index in [2.05, 4.69) is 10.6 Å². The van der Waals surface area contributed by atoms with Crippen molar-refractivity contribution in [2.24, 2.45) is 5.92 Å². The zero-order valence-corrected chi connectivity index (χ0v) is 16.3. The van der Waals surface area contributed by atoms with E-state index in [0.29, 0.717) is 23.7 Å². The van der Waals surface area contributed by atoms with E-state index in [1.807, 2.05) is 30.3 Å². The lowest BCUT2D eigenvalue weighted by Crippen LogP contribution is -2.38. The third kappa shape index (κ3) is 4.84. The third-order valence-corrected chi connectivity index (χ3v) is 4.67. The highest BCUT2D eigenvalue weighted by Gasteiger charge is 2.35. The largest absolute Gasteiger partial charge is 0.497 e. The molecule has 3 amide bonds. The Labute approximate surface area is 168 Å². The summed E-state index contributed by atoms with van der Waals surface area (Å²) in [6.45, 7) is 0.0786. The number of carbonyl (C=O) groups is 3. The van der Waals surface area contributed by atoms with Gasteiger partial charge in [0.2, 0.25) is 17.7 Å². The number of nitrogens with one attached hydrogen (secondary N) is 2. The summed E-state index contributed by atoms with van der Waals surface area (Å²) in [6, 6.07) is 14.2. The average Bonchev–Trinajstić information content (AvgIpc) is 3.14. The van der Waals surface area contributed by atoms with Crippen molar-refractivity contribution < 1.29 is 23.9 Å². The Bertz CT molecular complexity index is 900. The molecule has 1 saturated heterocycles. The minimum atomic E-state index is -0.498. The Morgan fingerprint density at radius 2 is 1.86 bits per heavy atom. The van der Waals surface area contributed by atoms with Crippen LogP contribution in [-0.2, 0) is 14.4 Å². The van der Waals surface area contributed by atoms with E-state index in [1.165, 1.54) is 14.2 Å². The summed E-state index contributed by atoms with van der Waals surface area (Å²) < 4.78 is 10.4. The second-order valence-corrected chi connectivity index (χ2v) is 6.57. The summed E-state index contributed by atoms with van der Waals surface area (Å²) >= 11 is 0. The van der Waals surface area contributed by atoms with E-state index in [1.54, 1.807) is 23.1 Å². The van der Waals surface area contributed by atoms with Crippen molar-refractivity contribution in [1.29, 1.82) is 0 Å². The van der Waals surface area contributed by atoms with Gasteiger partial charge in [-0.1, -0.05) is 18.2 Å². The van der Waals surface area contributed by atoms with E-state index in [4.69, 9.17) is 9.47 Å². The van der Waals surface area contributed by atoms with Crippen LogP contribution in [0.3, 0.4) is 0 Å². The van der Waals surface area contributed by atoms with Crippen molar-refractivity contribution in [2.45, 2.75) is 6.42 Å². The van der Waals surface area contributed by atoms with E-state index in [0.717, 1.165) is 5.69 Å². The van der Waals surface area contributed by atoms with Crippen molar-refractivity contribution in [3.05, 3.63) is 48.5 Å². The summed E-state index contributed by atoms with van der Waals surface area (Å²) in [5.41, 5.74) is 1.20. The fourth-order valence-electron chi connectivity index (χ4n) is 3.16. The summed E-state index contributed by atoms with van der Waals surface area (Å²) in [4.78, 5) is 38.5. The molecule has 2 N–H and O–H groups in total. The van der Waals surface area contributed by atoms with Gasteiger partial charge in [-0.2, -0.15) is 0 Å². The van der Waals surface area contributed by atoms with Gasteiger partial charge < -0.3 is 25.0 Å². The SMILES string of the molecule is COc1ccc(OC)c(NC(=O)CNC(=O)[C@@H]2CC(=O)N(c3ccccc3)C2)c1. The molecule has 0 radical (unpaired) electrons. The predicted molar refractivity (Wildman–Crippen MR) is 108 cm³/mol. The number of rotatable bonds is 7. The first kappa shape index (κ1) is 20.2. The van der Waals surface area contributed by atoms with Crippen LogP contribution < -0.4 is 25.0 Å². The number of ether oxygens (including phenoxy) is 2. The number of hydrogen-bond acceptors (Lipinski definition) is 5.